The van der Waals surface area contributed by atoms with E-state index in [1.165, 1.54) is 25.7 Å². The van der Waals surface area contributed by atoms with Crippen molar-refractivity contribution < 1.29 is 5.11 Å². The minimum atomic E-state index is -0.381. The maximum Gasteiger partial charge on any atom is 0.0820 e. The SMILES string of the molecule is OC(CCC1CCCC1)c1cnn(-c2ccccc2)c1. The summed E-state index contributed by atoms with van der Waals surface area (Å²) < 4.78 is 1.83. The summed E-state index contributed by atoms with van der Waals surface area (Å²) in [6.07, 6.45) is 10.8. The van der Waals surface area contributed by atoms with Crippen LogP contribution in [0.3, 0.4) is 0 Å². The maximum absolute atomic E-state index is 10.3. The van der Waals surface area contributed by atoms with Gasteiger partial charge >= 0.3 is 0 Å². The van der Waals surface area contributed by atoms with Gasteiger partial charge in [-0.15, -0.1) is 0 Å². The average Bonchev–Trinajstić information content (AvgIpc) is 3.17. The van der Waals surface area contributed by atoms with Crippen LogP contribution in [-0.4, -0.2) is 14.9 Å². The van der Waals surface area contributed by atoms with Crippen LogP contribution in [0.4, 0.5) is 0 Å². The highest BCUT2D eigenvalue weighted by Crippen LogP contribution is 2.31. The van der Waals surface area contributed by atoms with Crippen molar-refractivity contribution in [1.82, 2.24) is 9.78 Å². The van der Waals surface area contributed by atoms with Crippen molar-refractivity contribution in [2.45, 2.75) is 44.6 Å². The molecule has 1 aromatic heterocycles. The lowest BCUT2D eigenvalue weighted by Crippen LogP contribution is -2.01. The van der Waals surface area contributed by atoms with E-state index in [0.717, 1.165) is 30.0 Å². The lowest BCUT2D eigenvalue weighted by molar-refractivity contribution is 0.157. The highest BCUT2D eigenvalue weighted by molar-refractivity contribution is 5.31. The topological polar surface area (TPSA) is 38.1 Å². The first-order valence-corrected chi connectivity index (χ1v) is 7.61. The van der Waals surface area contributed by atoms with Crippen LogP contribution in [0.15, 0.2) is 42.7 Å². The molecule has 3 heteroatoms. The van der Waals surface area contributed by atoms with Gasteiger partial charge in [-0.1, -0.05) is 43.9 Å². The summed E-state index contributed by atoms with van der Waals surface area (Å²) in [5.41, 5.74) is 1.95. The first kappa shape index (κ1) is 13.4. The molecule has 1 atom stereocenters. The predicted molar refractivity (Wildman–Crippen MR) is 79.7 cm³/mol. The number of nitrogens with zero attached hydrogens (tertiary/aromatic N) is 2. The van der Waals surface area contributed by atoms with E-state index in [2.05, 4.69) is 5.10 Å². The maximum atomic E-state index is 10.3. The third-order valence-corrected chi connectivity index (χ3v) is 4.33. The minimum absolute atomic E-state index is 0.381. The predicted octanol–water partition coefficient (Wildman–Crippen LogP) is 3.88. The molecule has 0 spiro atoms. The van der Waals surface area contributed by atoms with Crippen LogP contribution >= 0.6 is 0 Å². The molecule has 1 heterocycles. The van der Waals surface area contributed by atoms with Gasteiger partial charge in [-0.2, -0.15) is 5.10 Å². The molecular weight excluding hydrogens is 248 g/mol. The molecule has 0 aliphatic heterocycles. The molecule has 3 rings (SSSR count). The molecule has 0 amide bonds. The lowest BCUT2D eigenvalue weighted by atomic mass is 9.98. The zero-order chi connectivity index (χ0) is 13.8. The van der Waals surface area contributed by atoms with Gasteiger partial charge in [-0.25, -0.2) is 4.68 Å². The first-order valence-electron chi connectivity index (χ1n) is 7.61. The van der Waals surface area contributed by atoms with E-state index in [1.807, 2.05) is 41.2 Å². The molecule has 2 aromatic rings. The van der Waals surface area contributed by atoms with Gasteiger partial charge in [-0.3, -0.25) is 0 Å². The third kappa shape index (κ3) is 3.10. The fourth-order valence-electron chi connectivity index (χ4n) is 3.09. The Morgan fingerprint density at radius 1 is 1.20 bits per heavy atom. The molecule has 1 aromatic carbocycles. The van der Waals surface area contributed by atoms with Gasteiger partial charge in [0.15, 0.2) is 0 Å². The molecule has 3 nitrogen and oxygen atoms in total. The molecule has 1 fully saturated rings. The summed E-state index contributed by atoms with van der Waals surface area (Å²) in [5, 5.41) is 14.6. The smallest absolute Gasteiger partial charge is 0.0820 e. The summed E-state index contributed by atoms with van der Waals surface area (Å²) in [5.74, 6) is 0.828. The second kappa shape index (κ2) is 6.23. The van der Waals surface area contributed by atoms with Crippen molar-refractivity contribution >= 4 is 0 Å². The first-order chi connectivity index (χ1) is 9.83. The van der Waals surface area contributed by atoms with Crippen molar-refractivity contribution in [1.29, 1.82) is 0 Å². The van der Waals surface area contributed by atoms with E-state index >= 15 is 0 Å². The molecule has 0 bridgehead atoms. The fourth-order valence-corrected chi connectivity index (χ4v) is 3.09. The normalized spacial score (nSPS) is 17.4. The number of aliphatic hydroxyl groups is 1. The van der Waals surface area contributed by atoms with E-state index in [9.17, 15) is 5.11 Å². The van der Waals surface area contributed by atoms with E-state index in [0.29, 0.717) is 0 Å². The Labute approximate surface area is 120 Å². The van der Waals surface area contributed by atoms with Crippen LogP contribution in [0.1, 0.15) is 50.2 Å². The number of para-hydroxylation sites is 1. The van der Waals surface area contributed by atoms with Crippen LogP contribution < -0.4 is 0 Å². The van der Waals surface area contributed by atoms with Gasteiger partial charge < -0.3 is 5.11 Å². The number of rotatable bonds is 5. The van der Waals surface area contributed by atoms with Gasteiger partial charge in [0, 0.05) is 11.8 Å². The molecule has 1 N–H and O–H groups in total. The molecule has 106 valence electrons. The Hall–Kier alpha value is -1.61. The Morgan fingerprint density at radius 3 is 2.70 bits per heavy atom. The van der Waals surface area contributed by atoms with E-state index in [1.54, 1.807) is 6.20 Å². The van der Waals surface area contributed by atoms with Gasteiger partial charge in [0.25, 0.3) is 0 Å². The van der Waals surface area contributed by atoms with Crippen molar-refractivity contribution in [3.05, 3.63) is 48.3 Å². The standard InChI is InChI=1S/C17H22N2O/c20-17(11-10-14-6-4-5-7-14)15-12-18-19(13-15)16-8-2-1-3-9-16/h1-3,8-9,12-14,17,20H,4-7,10-11H2. The zero-order valence-corrected chi connectivity index (χ0v) is 11.8. The van der Waals surface area contributed by atoms with Crippen LogP contribution in [-0.2, 0) is 0 Å². The Balaban J connectivity index is 1.61. The van der Waals surface area contributed by atoms with E-state index < -0.39 is 0 Å². The Bertz CT molecular complexity index is 529. The lowest BCUT2D eigenvalue weighted by Gasteiger charge is -2.12. The van der Waals surface area contributed by atoms with Crippen LogP contribution in [0, 0.1) is 5.92 Å². The van der Waals surface area contributed by atoms with E-state index in [4.69, 9.17) is 0 Å². The number of aromatic nitrogens is 2. The number of hydrogen-bond donors (Lipinski definition) is 1. The highest BCUT2D eigenvalue weighted by Gasteiger charge is 2.18. The minimum Gasteiger partial charge on any atom is -0.388 e. The summed E-state index contributed by atoms with van der Waals surface area (Å²) in [6, 6.07) is 10.0. The third-order valence-electron chi connectivity index (χ3n) is 4.33. The van der Waals surface area contributed by atoms with Gasteiger partial charge in [0.1, 0.15) is 0 Å². The average molecular weight is 270 g/mol. The van der Waals surface area contributed by atoms with Crippen molar-refractivity contribution in [3.8, 4) is 5.69 Å². The number of hydrogen-bond acceptors (Lipinski definition) is 2. The summed E-state index contributed by atoms with van der Waals surface area (Å²) in [4.78, 5) is 0. The van der Waals surface area contributed by atoms with Gasteiger partial charge in [0.05, 0.1) is 18.0 Å². The molecule has 1 unspecified atom stereocenters. The highest BCUT2D eigenvalue weighted by atomic mass is 16.3. The molecule has 0 saturated heterocycles. The number of aliphatic hydroxyl groups excluding tert-OH is 1. The largest absolute Gasteiger partial charge is 0.388 e. The second-order valence-electron chi connectivity index (χ2n) is 5.80. The Morgan fingerprint density at radius 2 is 1.95 bits per heavy atom. The molecule has 0 radical (unpaired) electrons. The summed E-state index contributed by atoms with van der Waals surface area (Å²) in [6.45, 7) is 0. The van der Waals surface area contributed by atoms with Crippen molar-refractivity contribution in [3.63, 3.8) is 0 Å². The molecular formula is C17H22N2O. The summed E-state index contributed by atoms with van der Waals surface area (Å²) >= 11 is 0. The summed E-state index contributed by atoms with van der Waals surface area (Å²) in [7, 11) is 0. The molecule has 1 aliphatic rings. The molecule has 1 aliphatic carbocycles. The van der Waals surface area contributed by atoms with Crippen molar-refractivity contribution in [2.24, 2.45) is 5.92 Å². The fraction of sp³-hybridized carbons (Fsp3) is 0.471. The monoisotopic (exact) mass is 270 g/mol. The molecule has 20 heavy (non-hydrogen) atoms. The van der Waals surface area contributed by atoms with Crippen LogP contribution in [0.25, 0.3) is 5.69 Å². The number of benzene rings is 1. The second-order valence-corrected chi connectivity index (χ2v) is 5.80. The van der Waals surface area contributed by atoms with E-state index in [-0.39, 0.29) is 6.10 Å². The van der Waals surface area contributed by atoms with Crippen LogP contribution in [0.2, 0.25) is 0 Å². The Kier molecular flexibility index (Phi) is 4.16. The van der Waals surface area contributed by atoms with Gasteiger partial charge in [0.2, 0.25) is 0 Å². The van der Waals surface area contributed by atoms with Crippen LogP contribution in [0.5, 0.6) is 0 Å². The van der Waals surface area contributed by atoms with Gasteiger partial charge in [-0.05, 0) is 30.9 Å². The van der Waals surface area contributed by atoms with Crippen molar-refractivity contribution in [2.75, 3.05) is 0 Å². The zero-order valence-electron chi connectivity index (χ0n) is 11.8. The quantitative estimate of drug-likeness (QED) is 0.895. The molecule has 1 saturated carbocycles.